The van der Waals surface area contributed by atoms with Crippen LogP contribution >= 0.6 is 11.3 Å². The second-order valence-electron chi connectivity index (χ2n) is 7.44. The lowest BCUT2D eigenvalue weighted by atomic mass is 9.72. The van der Waals surface area contributed by atoms with Gasteiger partial charge in [-0.3, -0.25) is 9.59 Å². The number of nitrogens with zero attached hydrogens (tertiary/aromatic N) is 1. The van der Waals surface area contributed by atoms with E-state index in [1.54, 1.807) is 16.2 Å². The molecule has 120 valence electrons. The van der Waals surface area contributed by atoms with Crippen molar-refractivity contribution in [2.24, 2.45) is 11.3 Å². The molecule has 0 aromatic carbocycles. The van der Waals surface area contributed by atoms with Crippen molar-refractivity contribution in [1.29, 1.82) is 0 Å². The fourth-order valence-corrected chi connectivity index (χ4v) is 4.51. The van der Waals surface area contributed by atoms with Crippen molar-refractivity contribution in [3.05, 3.63) is 21.4 Å². The molecule has 1 saturated heterocycles. The molecule has 0 saturated carbocycles. The van der Waals surface area contributed by atoms with Gasteiger partial charge in [-0.15, -0.1) is 11.3 Å². The SMILES string of the molecule is CC(C)(C)[C@H]1CCc2sc(C(=O)N3CCNC(=O)C3)cc2C1. The molecular formula is C17H24N2O2S. The molecule has 0 bridgehead atoms. The fourth-order valence-electron chi connectivity index (χ4n) is 3.34. The Labute approximate surface area is 135 Å². The van der Waals surface area contributed by atoms with Gasteiger partial charge in [-0.25, -0.2) is 0 Å². The lowest BCUT2D eigenvalue weighted by Gasteiger charge is -2.33. The molecule has 1 atom stereocenters. The molecule has 1 N–H and O–H groups in total. The molecule has 22 heavy (non-hydrogen) atoms. The van der Waals surface area contributed by atoms with Crippen LogP contribution in [0.2, 0.25) is 0 Å². The molecular weight excluding hydrogens is 296 g/mol. The first kappa shape index (κ1) is 15.5. The van der Waals surface area contributed by atoms with Crippen LogP contribution in [0.25, 0.3) is 0 Å². The second-order valence-corrected chi connectivity index (χ2v) is 8.58. The molecule has 1 aliphatic carbocycles. The van der Waals surface area contributed by atoms with Crippen molar-refractivity contribution in [3.63, 3.8) is 0 Å². The Balaban J connectivity index is 1.76. The van der Waals surface area contributed by atoms with E-state index in [0.29, 0.717) is 24.4 Å². The van der Waals surface area contributed by atoms with E-state index in [4.69, 9.17) is 0 Å². The number of thiophene rings is 1. The Morgan fingerprint density at radius 1 is 1.41 bits per heavy atom. The number of piperazine rings is 1. The molecule has 1 aromatic heterocycles. The Morgan fingerprint density at radius 2 is 2.18 bits per heavy atom. The minimum absolute atomic E-state index is 0.0153. The molecule has 3 rings (SSSR count). The molecule has 0 unspecified atom stereocenters. The maximum absolute atomic E-state index is 12.6. The van der Waals surface area contributed by atoms with E-state index in [2.05, 4.69) is 32.2 Å². The summed E-state index contributed by atoms with van der Waals surface area (Å²) < 4.78 is 0. The van der Waals surface area contributed by atoms with Crippen LogP contribution < -0.4 is 5.32 Å². The molecule has 2 heterocycles. The third kappa shape index (κ3) is 3.05. The number of carbonyl (C=O) groups is 2. The molecule has 1 aliphatic heterocycles. The van der Waals surface area contributed by atoms with Crippen LogP contribution in [0.1, 0.15) is 47.3 Å². The van der Waals surface area contributed by atoms with Gasteiger partial charge in [-0.1, -0.05) is 20.8 Å². The van der Waals surface area contributed by atoms with Crippen LogP contribution in [-0.4, -0.2) is 36.3 Å². The zero-order chi connectivity index (χ0) is 15.9. The Hall–Kier alpha value is -1.36. The summed E-state index contributed by atoms with van der Waals surface area (Å²) in [7, 11) is 0. The third-order valence-electron chi connectivity index (χ3n) is 4.84. The standard InChI is InChI=1S/C17H24N2O2S/c1-17(2,3)12-4-5-13-11(8-12)9-14(22-13)16(21)19-7-6-18-15(20)10-19/h9,12H,4-8,10H2,1-3H3,(H,18,20)/t12-/m0/s1. The number of carbonyl (C=O) groups excluding carboxylic acids is 2. The lowest BCUT2D eigenvalue weighted by molar-refractivity contribution is -0.123. The molecule has 0 radical (unpaired) electrons. The highest BCUT2D eigenvalue weighted by atomic mass is 32.1. The van der Waals surface area contributed by atoms with Gasteiger partial charge in [0.25, 0.3) is 5.91 Å². The van der Waals surface area contributed by atoms with Crippen molar-refractivity contribution in [2.75, 3.05) is 19.6 Å². The zero-order valence-corrected chi connectivity index (χ0v) is 14.4. The highest BCUT2D eigenvalue weighted by Gasteiger charge is 2.31. The minimum atomic E-state index is -0.0614. The molecule has 1 aromatic rings. The number of nitrogens with one attached hydrogen (secondary N) is 1. The lowest BCUT2D eigenvalue weighted by Crippen LogP contribution is -2.49. The summed E-state index contributed by atoms with van der Waals surface area (Å²) in [4.78, 5) is 27.9. The number of amides is 2. The summed E-state index contributed by atoms with van der Waals surface area (Å²) in [5.74, 6) is 0.633. The normalized spacial score (nSPS) is 22.2. The Bertz CT molecular complexity index is 600. The minimum Gasteiger partial charge on any atom is -0.353 e. The largest absolute Gasteiger partial charge is 0.353 e. The first-order chi connectivity index (χ1) is 10.3. The summed E-state index contributed by atoms with van der Waals surface area (Å²) in [5, 5.41) is 2.76. The van der Waals surface area contributed by atoms with Gasteiger partial charge in [-0.2, -0.15) is 0 Å². The smallest absolute Gasteiger partial charge is 0.264 e. The van der Waals surface area contributed by atoms with Crippen molar-refractivity contribution < 1.29 is 9.59 Å². The predicted molar refractivity (Wildman–Crippen MR) is 88.2 cm³/mol. The van der Waals surface area contributed by atoms with Crippen LogP contribution in [0.15, 0.2) is 6.07 Å². The van der Waals surface area contributed by atoms with Crippen LogP contribution in [0, 0.1) is 11.3 Å². The molecule has 4 nitrogen and oxygen atoms in total. The second kappa shape index (κ2) is 5.69. The van der Waals surface area contributed by atoms with Gasteiger partial charge < -0.3 is 10.2 Å². The van der Waals surface area contributed by atoms with E-state index >= 15 is 0 Å². The summed E-state index contributed by atoms with van der Waals surface area (Å²) in [5.41, 5.74) is 1.66. The van der Waals surface area contributed by atoms with E-state index in [-0.39, 0.29) is 18.4 Å². The monoisotopic (exact) mass is 320 g/mol. The predicted octanol–water partition coefficient (Wildman–Crippen LogP) is 2.47. The van der Waals surface area contributed by atoms with E-state index in [0.717, 1.165) is 17.7 Å². The van der Waals surface area contributed by atoms with E-state index < -0.39 is 0 Å². The highest BCUT2D eigenvalue weighted by Crippen LogP contribution is 2.40. The third-order valence-corrected chi connectivity index (χ3v) is 6.07. The maximum Gasteiger partial charge on any atom is 0.264 e. The van der Waals surface area contributed by atoms with Crippen molar-refractivity contribution >= 4 is 23.2 Å². The van der Waals surface area contributed by atoms with E-state index in [1.807, 2.05) is 0 Å². The van der Waals surface area contributed by atoms with Gasteiger partial charge in [0.1, 0.15) is 0 Å². The number of fused-ring (bicyclic) bond motifs is 1. The van der Waals surface area contributed by atoms with Gasteiger partial charge in [0.2, 0.25) is 5.91 Å². The van der Waals surface area contributed by atoms with Gasteiger partial charge in [0, 0.05) is 18.0 Å². The van der Waals surface area contributed by atoms with E-state index in [1.165, 1.54) is 16.9 Å². The molecule has 5 heteroatoms. The van der Waals surface area contributed by atoms with Gasteiger partial charge in [0.15, 0.2) is 0 Å². The molecule has 1 fully saturated rings. The zero-order valence-electron chi connectivity index (χ0n) is 13.6. The number of hydrogen-bond donors (Lipinski definition) is 1. The summed E-state index contributed by atoms with van der Waals surface area (Å²) in [6, 6.07) is 2.08. The Kier molecular flexibility index (Phi) is 4.02. The summed E-state index contributed by atoms with van der Waals surface area (Å²) in [6.07, 6.45) is 3.36. The quantitative estimate of drug-likeness (QED) is 0.864. The van der Waals surface area contributed by atoms with Gasteiger partial charge >= 0.3 is 0 Å². The molecule has 2 aliphatic rings. The molecule has 0 spiro atoms. The highest BCUT2D eigenvalue weighted by molar-refractivity contribution is 7.14. The summed E-state index contributed by atoms with van der Waals surface area (Å²) >= 11 is 1.63. The number of rotatable bonds is 1. The van der Waals surface area contributed by atoms with Gasteiger partial charge in [0.05, 0.1) is 11.4 Å². The van der Waals surface area contributed by atoms with Gasteiger partial charge in [-0.05, 0) is 42.2 Å². The average molecular weight is 320 g/mol. The van der Waals surface area contributed by atoms with Crippen LogP contribution in [0.5, 0.6) is 0 Å². The van der Waals surface area contributed by atoms with Crippen LogP contribution in [0.4, 0.5) is 0 Å². The number of aryl methyl sites for hydroxylation is 1. The first-order valence-corrected chi connectivity index (χ1v) is 8.84. The fraction of sp³-hybridized carbons (Fsp3) is 0.647. The maximum atomic E-state index is 12.6. The van der Waals surface area contributed by atoms with Crippen molar-refractivity contribution in [1.82, 2.24) is 10.2 Å². The van der Waals surface area contributed by atoms with Crippen LogP contribution in [0.3, 0.4) is 0 Å². The topological polar surface area (TPSA) is 49.4 Å². The van der Waals surface area contributed by atoms with Crippen LogP contribution in [-0.2, 0) is 17.6 Å². The van der Waals surface area contributed by atoms with Crippen molar-refractivity contribution in [2.45, 2.75) is 40.0 Å². The van der Waals surface area contributed by atoms with E-state index in [9.17, 15) is 9.59 Å². The summed E-state index contributed by atoms with van der Waals surface area (Å²) in [6.45, 7) is 8.25. The van der Waals surface area contributed by atoms with Crippen molar-refractivity contribution in [3.8, 4) is 0 Å². The average Bonchev–Trinajstić information content (AvgIpc) is 2.88. The number of hydrogen-bond acceptors (Lipinski definition) is 3. The first-order valence-electron chi connectivity index (χ1n) is 8.02. The molecule has 2 amide bonds. The Morgan fingerprint density at radius 3 is 2.86 bits per heavy atom.